The average Bonchev–Trinajstić information content (AvgIpc) is 2.23. The summed E-state index contributed by atoms with van der Waals surface area (Å²) in [6, 6.07) is 11.0. The number of benzene rings is 2. The van der Waals surface area contributed by atoms with Gasteiger partial charge in [-0.3, -0.25) is 0 Å². The van der Waals surface area contributed by atoms with Crippen molar-refractivity contribution < 1.29 is 9.50 Å². The van der Waals surface area contributed by atoms with Gasteiger partial charge in [-0.25, -0.2) is 4.39 Å². The van der Waals surface area contributed by atoms with Gasteiger partial charge in [0.05, 0.1) is 0 Å². The van der Waals surface area contributed by atoms with Crippen molar-refractivity contribution in [1.82, 2.24) is 0 Å². The molecule has 15 heavy (non-hydrogen) atoms. The molecule has 0 aliphatic rings. The maximum absolute atomic E-state index is 12.7. The van der Waals surface area contributed by atoms with Gasteiger partial charge in [0.15, 0.2) is 0 Å². The third-order valence-corrected chi connectivity index (χ3v) is 2.53. The van der Waals surface area contributed by atoms with Gasteiger partial charge < -0.3 is 5.11 Å². The van der Waals surface area contributed by atoms with Crippen molar-refractivity contribution in [1.29, 1.82) is 0 Å². The van der Waals surface area contributed by atoms with Gasteiger partial charge in [-0.2, -0.15) is 0 Å². The second-order valence-corrected chi connectivity index (χ2v) is 3.69. The molecule has 2 aromatic carbocycles. The van der Waals surface area contributed by atoms with Crippen LogP contribution < -0.4 is 0 Å². The summed E-state index contributed by atoms with van der Waals surface area (Å²) in [6.07, 6.45) is 0. The highest BCUT2D eigenvalue weighted by Gasteiger charge is 2.03. The van der Waals surface area contributed by atoms with Gasteiger partial charge in [-0.05, 0) is 41.5 Å². The van der Waals surface area contributed by atoms with Crippen molar-refractivity contribution in [3.63, 3.8) is 0 Å². The van der Waals surface area contributed by atoms with Crippen LogP contribution in [0.4, 0.5) is 4.39 Å². The Balaban J connectivity index is 2.53. The molecule has 1 N–H and O–H groups in total. The highest BCUT2D eigenvalue weighted by molar-refractivity contribution is 7.80. The van der Waals surface area contributed by atoms with Crippen LogP contribution in [0.5, 0.6) is 5.75 Å². The number of rotatable bonds is 1. The zero-order valence-corrected chi connectivity index (χ0v) is 8.71. The lowest BCUT2D eigenvalue weighted by molar-refractivity contribution is 0.475. The molecule has 0 saturated carbocycles. The van der Waals surface area contributed by atoms with Crippen molar-refractivity contribution in [3.05, 3.63) is 48.3 Å². The maximum Gasteiger partial charge on any atom is 0.123 e. The third kappa shape index (κ3) is 2.13. The van der Waals surface area contributed by atoms with Crippen LogP contribution in [-0.4, -0.2) is 5.11 Å². The van der Waals surface area contributed by atoms with Gasteiger partial charge in [0.25, 0.3) is 0 Å². The van der Waals surface area contributed by atoms with E-state index >= 15 is 0 Å². The van der Waals surface area contributed by atoms with Crippen LogP contribution in [0.25, 0.3) is 11.1 Å². The summed E-state index contributed by atoms with van der Waals surface area (Å²) in [5.74, 6) is -0.105. The SMILES string of the molecule is Oc1ccc(S)c(-c2ccc(F)cc2)c1. The van der Waals surface area contributed by atoms with Crippen molar-refractivity contribution in [2.24, 2.45) is 0 Å². The lowest BCUT2D eigenvalue weighted by Crippen LogP contribution is -1.81. The predicted molar refractivity (Wildman–Crippen MR) is 60.8 cm³/mol. The zero-order valence-electron chi connectivity index (χ0n) is 7.81. The van der Waals surface area contributed by atoms with Crippen LogP contribution in [-0.2, 0) is 0 Å². The first-order valence-corrected chi connectivity index (χ1v) is 4.89. The van der Waals surface area contributed by atoms with Crippen molar-refractivity contribution in [2.45, 2.75) is 4.90 Å². The second-order valence-electron chi connectivity index (χ2n) is 3.21. The van der Waals surface area contributed by atoms with E-state index in [1.165, 1.54) is 12.1 Å². The molecule has 0 fully saturated rings. The highest BCUT2D eigenvalue weighted by atomic mass is 32.1. The number of hydrogen-bond donors (Lipinski definition) is 2. The molecular formula is C12H9FOS. The van der Waals surface area contributed by atoms with Crippen molar-refractivity contribution in [3.8, 4) is 16.9 Å². The van der Waals surface area contributed by atoms with Gasteiger partial charge in [0.1, 0.15) is 11.6 Å². The fourth-order valence-electron chi connectivity index (χ4n) is 1.38. The first-order chi connectivity index (χ1) is 7.16. The average molecular weight is 220 g/mol. The fraction of sp³-hybridized carbons (Fsp3) is 0. The smallest absolute Gasteiger partial charge is 0.123 e. The molecule has 3 heteroatoms. The van der Waals surface area contributed by atoms with Crippen LogP contribution in [0, 0.1) is 5.82 Å². The first kappa shape index (κ1) is 10.1. The van der Waals surface area contributed by atoms with Crippen LogP contribution in [0.2, 0.25) is 0 Å². The Morgan fingerprint density at radius 3 is 2.33 bits per heavy atom. The molecule has 0 saturated heterocycles. The molecule has 0 radical (unpaired) electrons. The van der Waals surface area contributed by atoms with E-state index in [0.717, 1.165) is 16.0 Å². The summed E-state index contributed by atoms with van der Waals surface area (Å²) < 4.78 is 12.7. The Labute approximate surface area is 92.6 Å². The lowest BCUT2D eigenvalue weighted by atomic mass is 10.1. The topological polar surface area (TPSA) is 20.2 Å². The molecule has 0 unspecified atom stereocenters. The molecule has 0 heterocycles. The van der Waals surface area contributed by atoms with E-state index in [1.807, 2.05) is 0 Å². The number of halogens is 1. The Hall–Kier alpha value is -1.48. The lowest BCUT2D eigenvalue weighted by Gasteiger charge is -2.05. The number of hydrogen-bond acceptors (Lipinski definition) is 2. The molecule has 0 bridgehead atoms. The summed E-state index contributed by atoms with van der Waals surface area (Å²) in [4.78, 5) is 0.749. The van der Waals surface area contributed by atoms with Crippen LogP contribution in [0.15, 0.2) is 47.4 Å². The molecule has 2 rings (SSSR count). The molecule has 0 amide bonds. The molecular weight excluding hydrogens is 211 g/mol. The van der Waals surface area contributed by atoms with Gasteiger partial charge in [0, 0.05) is 4.90 Å². The van der Waals surface area contributed by atoms with E-state index in [4.69, 9.17) is 0 Å². The molecule has 0 spiro atoms. The standard InChI is InChI=1S/C12H9FOS/c13-9-3-1-8(2-4-9)11-7-10(14)5-6-12(11)15/h1-7,14-15H. The summed E-state index contributed by atoms with van der Waals surface area (Å²) in [5.41, 5.74) is 1.62. The summed E-state index contributed by atoms with van der Waals surface area (Å²) in [5, 5.41) is 9.35. The summed E-state index contributed by atoms with van der Waals surface area (Å²) >= 11 is 4.28. The summed E-state index contributed by atoms with van der Waals surface area (Å²) in [7, 11) is 0. The van der Waals surface area contributed by atoms with Crippen LogP contribution >= 0.6 is 12.6 Å². The van der Waals surface area contributed by atoms with E-state index in [0.29, 0.717) is 0 Å². The van der Waals surface area contributed by atoms with Crippen molar-refractivity contribution >= 4 is 12.6 Å². The molecule has 1 nitrogen and oxygen atoms in total. The number of phenolic OH excluding ortho intramolecular Hbond substituents is 1. The van der Waals surface area contributed by atoms with E-state index in [9.17, 15) is 9.50 Å². The minimum Gasteiger partial charge on any atom is -0.508 e. The van der Waals surface area contributed by atoms with Crippen LogP contribution in [0.1, 0.15) is 0 Å². The predicted octanol–water partition coefficient (Wildman–Crippen LogP) is 3.49. The molecule has 0 atom stereocenters. The largest absolute Gasteiger partial charge is 0.508 e. The Bertz CT molecular complexity index is 479. The van der Waals surface area contributed by atoms with Crippen molar-refractivity contribution in [2.75, 3.05) is 0 Å². The Kier molecular flexibility index (Phi) is 2.64. The minimum absolute atomic E-state index is 0.173. The van der Waals surface area contributed by atoms with Gasteiger partial charge >= 0.3 is 0 Å². The Morgan fingerprint density at radius 2 is 1.67 bits per heavy atom. The minimum atomic E-state index is -0.278. The third-order valence-electron chi connectivity index (χ3n) is 2.14. The van der Waals surface area contributed by atoms with Crippen LogP contribution in [0.3, 0.4) is 0 Å². The number of thiol groups is 1. The van der Waals surface area contributed by atoms with E-state index in [2.05, 4.69) is 12.6 Å². The molecule has 0 aliphatic heterocycles. The fourth-order valence-corrected chi connectivity index (χ4v) is 1.65. The van der Waals surface area contributed by atoms with E-state index < -0.39 is 0 Å². The molecule has 2 aromatic rings. The zero-order chi connectivity index (χ0) is 10.8. The quantitative estimate of drug-likeness (QED) is 0.705. The molecule has 0 aliphatic carbocycles. The highest BCUT2D eigenvalue weighted by Crippen LogP contribution is 2.29. The van der Waals surface area contributed by atoms with Gasteiger partial charge in [-0.15, -0.1) is 12.6 Å². The monoisotopic (exact) mass is 220 g/mol. The van der Waals surface area contributed by atoms with Gasteiger partial charge in [-0.1, -0.05) is 12.1 Å². The van der Waals surface area contributed by atoms with E-state index in [-0.39, 0.29) is 11.6 Å². The molecule has 0 aromatic heterocycles. The number of phenols is 1. The second kappa shape index (κ2) is 3.95. The first-order valence-electron chi connectivity index (χ1n) is 4.45. The normalized spacial score (nSPS) is 10.3. The maximum atomic E-state index is 12.7. The summed E-state index contributed by atoms with van der Waals surface area (Å²) in [6.45, 7) is 0. The van der Waals surface area contributed by atoms with Gasteiger partial charge in [0.2, 0.25) is 0 Å². The van der Waals surface area contributed by atoms with E-state index in [1.54, 1.807) is 30.3 Å². The Morgan fingerprint density at radius 1 is 1.00 bits per heavy atom. The number of aromatic hydroxyl groups is 1. The molecule has 76 valence electrons.